The number of carbonyl (C=O) groups excluding carboxylic acids is 1. The van der Waals surface area contributed by atoms with E-state index in [2.05, 4.69) is 25.5 Å². The lowest BCUT2D eigenvalue weighted by Crippen LogP contribution is -2.13. The number of halogens is 1. The molecule has 2 aromatic carbocycles. The number of carbonyl (C=O) groups is 1. The molecule has 7 rings (SSSR count). The van der Waals surface area contributed by atoms with Crippen LogP contribution in [0.25, 0.3) is 55.7 Å². The molecule has 6 aromatic rings. The Morgan fingerprint density at radius 3 is 2.65 bits per heavy atom. The predicted molar refractivity (Wildman–Crippen MR) is 141 cm³/mol. The molecule has 4 aromatic heterocycles. The Balaban J connectivity index is 1.28. The van der Waals surface area contributed by atoms with Gasteiger partial charge in [0.1, 0.15) is 17.0 Å². The second-order valence-corrected chi connectivity index (χ2v) is 9.35. The monoisotopic (exact) mass is 488 g/mol. The second-order valence-electron chi connectivity index (χ2n) is 9.35. The van der Waals surface area contributed by atoms with Crippen LogP contribution in [0.1, 0.15) is 12.8 Å². The van der Waals surface area contributed by atoms with Crippen LogP contribution >= 0.6 is 0 Å². The number of benzene rings is 2. The first-order valence-electron chi connectivity index (χ1n) is 12.1. The molecular formula is C29H21FN6O. The van der Waals surface area contributed by atoms with E-state index in [0.717, 1.165) is 62.9 Å². The summed E-state index contributed by atoms with van der Waals surface area (Å²) >= 11 is 0. The highest BCUT2D eigenvalue weighted by Gasteiger charge is 2.29. The zero-order chi connectivity index (χ0) is 24.9. The summed E-state index contributed by atoms with van der Waals surface area (Å²) in [6.45, 7) is 0. The van der Waals surface area contributed by atoms with Gasteiger partial charge in [0.05, 0.1) is 28.8 Å². The largest absolute Gasteiger partial charge is 0.353 e. The van der Waals surface area contributed by atoms with Crippen molar-refractivity contribution >= 4 is 33.5 Å². The number of nitrogens with zero attached hydrogens (tertiary/aromatic N) is 3. The Kier molecular flexibility index (Phi) is 4.85. The van der Waals surface area contributed by atoms with Crippen LogP contribution in [0, 0.1) is 11.7 Å². The Hall–Kier alpha value is -4.85. The molecule has 4 heterocycles. The highest BCUT2D eigenvalue weighted by Crippen LogP contribution is 2.35. The first-order valence-corrected chi connectivity index (χ1v) is 12.1. The lowest BCUT2D eigenvalue weighted by atomic mass is 10.0. The number of pyridine rings is 2. The number of nitrogens with one attached hydrogen (secondary N) is 3. The Morgan fingerprint density at radius 1 is 0.946 bits per heavy atom. The van der Waals surface area contributed by atoms with Crippen molar-refractivity contribution in [3.05, 3.63) is 84.9 Å². The summed E-state index contributed by atoms with van der Waals surface area (Å²) in [5.74, 6) is -0.105. The van der Waals surface area contributed by atoms with Crippen LogP contribution in [0.2, 0.25) is 0 Å². The van der Waals surface area contributed by atoms with Gasteiger partial charge in [0.15, 0.2) is 0 Å². The SMILES string of the molecule is O=C(Nc1cncc(-c2ccc3[nH]nc(-c4cc5c(-c6ccc(F)cc6)cccc5[nH]4)c3n2)c1)C1CC1. The van der Waals surface area contributed by atoms with Crippen LogP contribution in [0.4, 0.5) is 10.1 Å². The number of hydrogen-bond acceptors (Lipinski definition) is 4. The number of aromatic amines is 2. The molecule has 3 N–H and O–H groups in total. The average Bonchev–Trinajstić information content (AvgIpc) is 3.55. The summed E-state index contributed by atoms with van der Waals surface area (Å²) < 4.78 is 13.5. The molecule has 0 saturated heterocycles. The number of anilines is 1. The Morgan fingerprint density at radius 2 is 1.81 bits per heavy atom. The van der Waals surface area contributed by atoms with Crippen molar-refractivity contribution in [3.63, 3.8) is 0 Å². The van der Waals surface area contributed by atoms with Crippen molar-refractivity contribution in [1.82, 2.24) is 25.1 Å². The standard InChI is InChI=1S/C29H21FN6O/c30-19-8-6-16(7-9-19)21-2-1-3-24-22(21)13-26(33-24)28-27-25(35-36-28)11-10-23(34-27)18-12-20(15-31-14-18)32-29(37)17-4-5-17/h1-3,6-15,17,33H,4-5H2,(H,32,37)(H,35,36). The Bertz CT molecular complexity index is 1800. The third-order valence-corrected chi connectivity index (χ3v) is 6.73. The van der Waals surface area contributed by atoms with E-state index in [1.165, 1.54) is 12.1 Å². The molecule has 0 radical (unpaired) electrons. The summed E-state index contributed by atoms with van der Waals surface area (Å²) in [6, 6.07) is 20.3. The fourth-order valence-corrected chi connectivity index (χ4v) is 4.65. The van der Waals surface area contributed by atoms with Crippen molar-refractivity contribution in [3.8, 4) is 33.8 Å². The zero-order valence-corrected chi connectivity index (χ0v) is 19.6. The number of hydrogen-bond donors (Lipinski definition) is 3. The molecule has 1 amide bonds. The zero-order valence-electron chi connectivity index (χ0n) is 19.6. The van der Waals surface area contributed by atoms with Crippen molar-refractivity contribution < 1.29 is 9.18 Å². The van der Waals surface area contributed by atoms with Gasteiger partial charge in [0.25, 0.3) is 0 Å². The summed E-state index contributed by atoms with van der Waals surface area (Å²) in [5.41, 5.74) is 8.14. The molecule has 0 atom stereocenters. The average molecular weight is 489 g/mol. The van der Waals surface area contributed by atoms with E-state index in [0.29, 0.717) is 11.4 Å². The van der Waals surface area contributed by atoms with E-state index in [1.807, 2.05) is 42.5 Å². The number of H-pyrrole nitrogens is 2. The minimum absolute atomic E-state index is 0.0401. The normalized spacial score (nSPS) is 13.3. The molecule has 0 bridgehead atoms. The van der Waals surface area contributed by atoms with Gasteiger partial charge >= 0.3 is 0 Å². The fourth-order valence-electron chi connectivity index (χ4n) is 4.65. The maximum absolute atomic E-state index is 13.5. The third kappa shape index (κ3) is 3.92. The number of aromatic nitrogens is 5. The van der Waals surface area contributed by atoms with E-state index in [9.17, 15) is 9.18 Å². The molecule has 0 spiro atoms. The van der Waals surface area contributed by atoms with E-state index in [-0.39, 0.29) is 17.6 Å². The van der Waals surface area contributed by atoms with Crippen LogP contribution in [-0.4, -0.2) is 31.1 Å². The Labute approximate surface area is 210 Å². The van der Waals surface area contributed by atoms with Gasteiger partial charge in [-0.25, -0.2) is 9.37 Å². The fraction of sp³-hybridized carbons (Fsp3) is 0.103. The molecule has 8 heteroatoms. The summed E-state index contributed by atoms with van der Waals surface area (Å²) in [4.78, 5) is 24.9. The molecular weight excluding hydrogens is 467 g/mol. The molecule has 0 aliphatic heterocycles. The molecule has 0 unspecified atom stereocenters. The lowest BCUT2D eigenvalue weighted by Gasteiger charge is -2.06. The van der Waals surface area contributed by atoms with E-state index in [1.54, 1.807) is 24.5 Å². The lowest BCUT2D eigenvalue weighted by molar-refractivity contribution is -0.117. The predicted octanol–water partition coefficient (Wildman–Crippen LogP) is 6.32. The third-order valence-electron chi connectivity index (χ3n) is 6.73. The van der Waals surface area contributed by atoms with Crippen LogP contribution < -0.4 is 5.32 Å². The molecule has 180 valence electrons. The topological polar surface area (TPSA) is 99.4 Å². The number of amides is 1. The van der Waals surface area contributed by atoms with Crippen LogP contribution in [0.3, 0.4) is 0 Å². The van der Waals surface area contributed by atoms with Crippen molar-refractivity contribution in [1.29, 1.82) is 0 Å². The van der Waals surface area contributed by atoms with Crippen LogP contribution in [-0.2, 0) is 4.79 Å². The van der Waals surface area contributed by atoms with E-state index in [4.69, 9.17) is 4.98 Å². The molecule has 37 heavy (non-hydrogen) atoms. The van der Waals surface area contributed by atoms with Crippen LogP contribution in [0.5, 0.6) is 0 Å². The first kappa shape index (κ1) is 21.4. The van der Waals surface area contributed by atoms with Gasteiger partial charge in [-0.05, 0) is 66.4 Å². The molecule has 1 saturated carbocycles. The van der Waals surface area contributed by atoms with Gasteiger partial charge in [-0.2, -0.15) is 5.10 Å². The molecule has 1 aliphatic carbocycles. The first-order chi connectivity index (χ1) is 18.1. The quantitative estimate of drug-likeness (QED) is 0.264. The minimum atomic E-state index is -0.262. The van der Waals surface area contributed by atoms with Gasteiger partial charge in [-0.15, -0.1) is 0 Å². The summed E-state index contributed by atoms with van der Waals surface area (Å²) in [6.07, 6.45) is 5.27. The molecule has 1 aliphatic rings. The van der Waals surface area contributed by atoms with Gasteiger partial charge in [0, 0.05) is 28.6 Å². The number of rotatable bonds is 5. The van der Waals surface area contributed by atoms with Gasteiger partial charge in [-0.3, -0.25) is 14.9 Å². The smallest absolute Gasteiger partial charge is 0.227 e. The highest BCUT2D eigenvalue weighted by atomic mass is 19.1. The van der Waals surface area contributed by atoms with Crippen molar-refractivity contribution in [2.24, 2.45) is 5.92 Å². The molecule has 1 fully saturated rings. The second kappa shape index (κ2) is 8.37. The summed E-state index contributed by atoms with van der Waals surface area (Å²) in [5, 5.41) is 11.6. The van der Waals surface area contributed by atoms with E-state index < -0.39 is 0 Å². The number of fused-ring (bicyclic) bond motifs is 2. The highest BCUT2D eigenvalue weighted by molar-refractivity contribution is 6.00. The molecule has 7 nitrogen and oxygen atoms in total. The van der Waals surface area contributed by atoms with Crippen molar-refractivity contribution in [2.75, 3.05) is 5.32 Å². The van der Waals surface area contributed by atoms with E-state index >= 15 is 0 Å². The maximum atomic E-state index is 13.5. The van der Waals surface area contributed by atoms with Gasteiger partial charge < -0.3 is 10.3 Å². The van der Waals surface area contributed by atoms with Gasteiger partial charge in [-0.1, -0.05) is 24.3 Å². The van der Waals surface area contributed by atoms with Crippen LogP contribution in [0.15, 0.2) is 79.1 Å². The minimum Gasteiger partial charge on any atom is -0.353 e. The maximum Gasteiger partial charge on any atom is 0.227 e. The van der Waals surface area contributed by atoms with Crippen molar-refractivity contribution in [2.45, 2.75) is 12.8 Å². The summed E-state index contributed by atoms with van der Waals surface area (Å²) in [7, 11) is 0. The van der Waals surface area contributed by atoms with Gasteiger partial charge in [0.2, 0.25) is 5.91 Å².